The molecule has 0 fully saturated rings. The summed E-state index contributed by atoms with van der Waals surface area (Å²) in [5, 5.41) is 0. The lowest BCUT2D eigenvalue weighted by Crippen LogP contribution is -2.40. The summed E-state index contributed by atoms with van der Waals surface area (Å²) in [6.07, 6.45) is 0. The van der Waals surface area contributed by atoms with Gasteiger partial charge in [-0.1, -0.05) is 18.2 Å². The largest absolute Gasteiger partial charge is 0.398 e. The molecule has 108 valence electrons. The second kappa shape index (κ2) is 6.36. The van der Waals surface area contributed by atoms with E-state index in [-0.39, 0.29) is 12.3 Å². The first-order chi connectivity index (χ1) is 8.76. The highest BCUT2D eigenvalue weighted by atomic mass is 32.2. The van der Waals surface area contributed by atoms with Crippen LogP contribution in [0.25, 0.3) is 0 Å². The van der Waals surface area contributed by atoms with Crippen LogP contribution >= 0.6 is 0 Å². The molecule has 3 N–H and O–H groups in total. The highest BCUT2D eigenvalue weighted by molar-refractivity contribution is 7.88. The molecule has 5 nitrogen and oxygen atoms in total. The van der Waals surface area contributed by atoms with E-state index in [0.717, 1.165) is 0 Å². The predicted molar refractivity (Wildman–Crippen MR) is 77.2 cm³/mol. The van der Waals surface area contributed by atoms with Crippen molar-refractivity contribution < 1.29 is 13.2 Å². The van der Waals surface area contributed by atoms with Crippen molar-refractivity contribution >= 4 is 15.7 Å². The van der Waals surface area contributed by atoms with E-state index in [9.17, 15) is 8.42 Å². The lowest BCUT2D eigenvalue weighted by atomic mass is 10.1. The standard InChI is InChI=1S/C13H22N2O3S/c1-4-18-13(2,3)10-15-19(16,17)9-11-7-5-6-8-12(11)14/h5-8,15H,4,9-10,14H2,1-3H3. The van der Waals surface area contributed by atoms with Crippen molar-refractivity contribution in [2.24, 2.45) is 0 Å². The molecule has 1 aromatic carbocycles. The predicted octanol–water partition coefficient (Wildman–Crippen LogP) is 1.50. The second-order valence-electron chi connectivity index (χ2n) is 4.97. The third-order valence-electron chi connectivity index (χ3n) is 2.65. The van der Waals surface area contributed by atoms with Gasteiger partial charge < -0.3 is 10.5 Å². The van der Waals surface area contributed by atoms with Crippen molar-refractivity contribution in [1.29, 1.82) is 0 Å². The number of rotatable bonds is 7. The summed E-state index contributed by atoms with van der Waals surface area (Å²) in [6, 6.07) is 6.94. The van der Waals surface area contributed by atoms with E-state index >= 15 is 0 Å². The molecule has 19 heavy (non-hydrogen) atoms. The van der Waals surface area contributed by atoms with Crippen molar-refractivity contribution in [3.63, 3.8) is 0 Å². The van der Waals surface area contributed by atoms with E-state index in [1.165, 1.54) is 0 Å². The van der Waals surface area contributed by atoms with Gasteiger partial charge in [0.25, 0.3) is 0 Å². The first-order valence-corrected chi connectivity index (χ1v) is 7.85. The van der Waals surface area contributed by atoms with Crippen LogP contribution < -0.4 is 10.5 Å². The van der Waals surface area contributed by atoms with Crippen LogP contribution in [0.4, 0.5) is 5.69 Å². The van der Waals surface area contributed by atoms with Gasteiger partial charge in [0.05, 0.1) is 11.4 Å². The molecule has 0 aliphatic carbocycles. The summed E-state index contributed by atoms with van der Waals surface area (Å²) in [4.78, 5) is 0. The Kier molecular flexibility index (Phi) is 5.34. The Morgan fingerprint density at radius 2 is 1.95 bits per heavy atom. The average molecular weight is 286 g/mol. The zero-order valence-corrected chi connectivity index (χ0v) is 12.5. The molecule has 0 unspecified atom stereocenters. The maximum absolute atomic E-state index is 12.0. The highest BCUT2D eigenvalue weighted by Gasteiger charge is 2.21. The summed E-state index contributed by atoms with van der Waals surface area (Å²) >= 11 is 0. The Morgan fingerprint density at radius 3 is 2.53 bits per heavy atom. The first-order valence-electron chi connectivity index (χ1n) is 6.20. The molecule has 0 heterocycles. The Hall–Kier alpha value is -1.11. The second-order valence-corrected chi connectivity index (χ2v) is 6.78. The van der Waals surface area contributed by atoms with E-state index in [1.807, 2.05) is 20.8 Å². The number of hydrogen-bond donors (Lipinski definition) is 2. The number of hydrogen-bond acceptors (Lipinski definition) is 4. The molecular formula is C13H22N2O3S. The monoisotopic (exact) mass is 286 g/mol. The molecule has 0 aliphatic heterocycles. The maximum Gasteiger partial charge on any atom is 0.215 e. The first kappa shape index (κ1) is 15.9. The SMILES string of the molecule is CCOC(C)(C)CNS(=O)(=O)Cc1ccccc1N. The highest BCUT2D eigenvalue weighted by Crippen LogP contribution is 2.14. The lowest BCUT2D eigenvalue weighted by Gasteiger charge is -2.24. The molecule has 0 aromatic heterocycles. The molecule has 0 saturated heterocycles. The van der Waals surface area contributed by atoms with Gasteiger partial charge in [-0.05, 0) is 32.4 Å². The van der Waals surface area contributed by atoms with Gasteiger partial charge in [0.15, 0.2) is 0 Å². The van der Waals surface area contributed by atoms with E-state index in [0.29, 0.717) is 17.9 Å². The smallest absolute Gasteiger partial charge is 0.215 e. The fourth-order valence-corrected chi connectivity index (χ4v) is 2.99. The molecule has 0 amide bonds. The molecule has 0 spiro atoms. The van der Waals surface area contributed by atoms with Crippen molar-refractivity contribution in [2.75, 3.05) is 18.9 Å². The van der Waals surface area contributed by atoms with Crippen molar-refractivity contribution in [3.8, 4) is 0 Å². The quantitative estimate of drug-likeness (QED) is 0.744. The van der Waals surface area contributed by atoms with Gasteiger partial charge in [0.2, 0.25) is 10.0 Å². The van der Waals surface area contributed by atoms with Crippen LogP contribution in [0, 0.1) is 0 Å². The number of anilines is 1. The minimum Gasteiger partial charge on any atom is -0.398 e. The van der Waals surface area contributed by atoms with E-state index in [4.69, 9.17) is 10.5 Å². The molecule has 0 atom stereocenters. The molecular weight excluding hydrogens is 264 g/mol. The summed E-state index contributed by atoms with van der Waals surface area (Å²) in [7, 11) is -3.42. The summed E-state index contributed by atoms with van der Waals surface area (Å²) in [5.41, 5.74) is 6.30. The molecule has 0 aliphatic rings. The number of sulfonamides is 1. The van der Waals surface area contributed by atoms with Gasteiger partial charge in [-0.3, -0.25) is 0 Å². The summed E-state index contributed by atoms with van der Waals surface area (Å²) in [6.45, 7) is 6.34. The Morgan fingerprint density at radius 1 is 1.32 bits per heavy atom. The topological polar surface area (TPSA) is 81.4 Å². The van der Waals surface area contributed by atoms with Crippen LogP contribution in [0.3, 0.4) is 0 Å². The number of nitrogens with one attached hydrogen (secondary N) is 1. The van der Waals surface area contributed by atoms with Crippen LogP contribution in [0.15, 0.2) is 24.3 Å². The van der Waals surface area contributed by atoms with Crippen molar-refractivity contribution in [1.82, 2.24) is 4.72 Å². The summed E-state index contributed by atoms with van der Waals surface area (Å²) in [5.74, 6) is -0.123. The van der Waals surface area contributed by atoms with Gasteiger partial charge in [-0.2, -0.15) is 0 Å². The van der Waals surface area contributed by atoms with Gasteiger partial charge in [0.1, 0.15) is 0 Å². The van der Waals surface area contributed by atoms with Crippen LogP contribution in [0.5, 0.6) is 0 Å². The minimum atomic E-state index is -3.42. The molecule has 0 bridgehead atoms. The number of ether oxygens (including phenoxy) is 1. The lowest BCUT2D eigenvalue weighted by molar-refractivity contribution is -0.00515. The fourth-order valence-electron chi connectivity index (χ4n) is 1.65. The van der Waals surface area contributed by atoms with Crippen LogP contribution in [-0.2, 0) is 20.5 Å². The van der Waals surface area contributed by atoms with Crippen molar-refractivity contribution in [2.45, 2.75) is 32.1 Å². The fraction of sp³-hybridized carbons (Fsp3) is 0.538. The Labute approximate surface area is 115 Å². The molecule has 1 rings (SSSR count). The number of benzene rings is 1. The number of para-hydroxylation sites is 1. The molecule has 0 saturated carbocycles. The normalized spacial score (nSPS) is 12.6. The molecule has 1 aromatic rings. The van der Waals surface area contributed by atoms with Crippen LogP contribution in [0.1, 0.15) is 26.3 Å². The van der Waals surface area contributed by atoms with Gasteiger partial charge in [-0.25, -0.2) is 13.1 Å². The zero-order valence-electron chi connectivity index (χ0n) is 11.6. The molecule has 6 heteroatoms. The van der Waals surface area contributed by atoms with Gasteiger partial charge >= 0.3 is 0 Å². The zero-order chi connectivity index (χ0) is 14.5. The third kappa shape index (κ3) is 5.59. The Bertz CT molecular complexity index is 512. The van der Waals surface area contributed by atoms with E-state index < -0.39 is 15.6 Å². The summed E-state index contributed by atoms with van der Waals surface area (Å²) < 4.78 is 32.0. The molecule has 0 radical (unpaired) electrons. The van der Waals surface area contributed by atoms with Crippen LogP contribution in [-0.4, -0.2) is 27.2 Å². The van der Waals surface area contributed by atoms with E-state index in [2.05, 4.69) is 4.72 Å². The van der Waals surface area contributed by atoms with Gasteiger partial charge in [0, 0.05) is 18.8 Å². The number of nitrogen functional groups attached to an aromatic ring is 1. The minimum absolute atomic E-state index is 0.123. The average Bonchev–Trinajstić information content (AvgIpc) is 2.30. The van der Waals surface area contributed by atoms with Crippen molar-refractivity contribution in [3.05, 3.63) is 29.8 Å². The maximum atomic E-state index is 12.0. The Balaban J connectivity index is 2.65. The van der Waals surface area contributed by atoms with Gasteiger partial charge in [-0.15, -0.1) is 0 Å². The third-order valence-corrected chi connectivity index (χ3v) is 3.93. The van der Waals surface area contributed by atoms with E-state index in [1.54, 1.807) is 24.3 Å². The van der Waals surface area contributed by atoms with Crippen LogP contribution in [0.2, 0.25) is 0 Å². The number of nitrogens with two attached hydrogens (primary N) is 1.